The van der Waals surface area contributed by atoms with E-state index in [-0.39, 0.29) is 17.3 Å². The molecule has 1 aliphatic heterocycles. The molecule has 0 bridgehead atoms. The minimum Gasteiger partial charge on any atom is -0.369 e. The molecule has 0 unspecified atom stereocenters. The number of nitrogens with one attached hydrogen (secondary N) is 1. The molecular formula is C22H24N6O3. The molecule has 1 N–H and O–H groups in total. The Morgan fingerprint density at radius 1 is 1.10 bits per heavy atom. The molecule has 1 aliphatic rings. The van der Waals surface area contributed by atoms with Crippen LogP contribution in [0, 0.1) is 10.1 Å². The van der Waals surface area contributed by atoms with Crippen LogP contribution < -0.4 is 10.2 Å². The summed E-state index contributed by atoms with van der Waals surface area (Å²) in [4.78, 5) is 27.8. The number of piperazine rings is 1. The van der Waals surface area contributed by atoms with Gasteiger partial charge in [-0.3, -0.25) is 14.9 Å². The molecule has 0 radical (unpaired) electrons. The van der Waals surface area contributed by atoms with Crippen LogP contribution >= 0.6 is 0 Å². The Labute approximate surface area is 180 Å². The number of hydrogen-bond acceptors (Lipinski definition) is 6. The third-order valence-corrected chi connectivity index (χ3v) is 5.40. The minimum absolute atomic E-state index is 0.0282. The second kappa shape index (κ2) is 8.97. The number of hydrogen-bond donors (Lipinski definition) is 1. The zero-order chi connectivity index (χ0) is 21.8. The summed E-state index contributed by atoms with van der Waals surface area (Å²) in [6.45, 7) is 4.32. The van der Waals surface area contributed by atoms with Crippen molar-refractivity contribution in [2.24, 2.45) is 0 Å². The third kappa shape index (κ3) is 4.72. The average Bonchev–Trinajstić information content (AvgIpc) is 3.29. The summed E-state index contributed by atoms with van der Waals surface area (Å²) < 4.78 is 1.46. The van der Waals surface area contributed by atoms with E-state index in [0.717, 1.165) is 37.4 Å². The van der Waals surface area contributed by atoms with Crippen LogP contribution in [0.3, 0.4) is 0 Å². The highest BCUT2D eigenvalue weighted by Crippen LogP contribution is 2.22. The van der Waals surface area contributed by atoms with Crippen molar-refractivity contribution in [2.75, 3.05) is 38.1 Å². The van der Waals surface area contributed by atoms with Gasteiger partial charge in [-0.05, 0) is 30.8 Å². The number of carbonyl (C=O) groups is 1. The number of likely N-dealkylation sites (N-methyl/N-ethyl adjacent to an activating group) is 1. The number of aromatic nitrogens is 2. The first-order valence-corrected chi connectivity index (χ1v) is 10.1. The van der Waals surface area contributed by atoms with Crippen molar-refractivity contribution < 1.29 is 9.72 Å². The Bertz CT molecular complexity index is 1090. The Balaban J connectivity index is 1.44. The number of rotatable bonds is 6. The van der Waals surface area contributed by atoms with Crippen molar-refractivity contribution >= 4 is 17.3 Å². The number of amides is 1. The molecule has 1 fully saturated rings. The van der Waals surface area contributed by atoms with Crippen molar-refractivity contribution in [1.29, 1.82) is 0 Å². The summed E-state index contributed by atoms with van der Waals surface area (Å²) in [6.07, 6.45) is 1.62. The van der Waals surface area contributed by atoms with Crippen LogP contribution in [0.2, 0.25) is 0 Å². The summed E-state index contributed by atoms with van der Waals surface area (Å²) in [5.74, 6) is -0.294. The van der Waals surface area contributed by atoms with Crippen LogP contribution in [-0.2, 0) is 6.54 Å². The predicted octanol–water partition coefficient (Wildman–Crippen LogP) is 2.46. The smallest absolute Gasteiger partial charge is 0.272 e. The molecule has 0 saturated carbocycles. The summed E-state index contributed by atoms with van der Waals surface area (Å²) >= 11 is 0. The largest absolute Gasteiger partial charge is 0.369 e. The molecule has 9 heteroatoms. The first kappa shape index (κ1) is 20.5. The summed E-state index contributed by atoms with van der Waals surface area (Å²) in [6, 6.07) is 15.8. The minimum atomic E-state index is -0.460. The number of nitrogens with zero attached hydrogens (tertiary/aromatic N) is 5. The van der Waals surface area contributed by atoms with Crippen molar-refractivity contribution in [3.8, 4) is 5.69 Å². The van der Waals surface area contributed by atoms with Gasteiger partial charge < -0.3 is 15.1 Å². The van der Waals surface area contributed by atoms with E-state index in [4.69, 9.17) is 0 Å². The molecule has 0 spiro atoms. The Hall–Kier alpha value is -3.72. The number of benzene rings is 2. The van der Waals surface area contributed by atoms with Gasteiger partial charge in [-0.25, -0.2) is 4.68 Å². The quantitative estimate of drug-likeness (QED) is 0.486. The van der Waals surface area contributed by atoms with Gasteiger partial charge in [-0.2, -0.15) is 5.10 Å². The lowest BCUT2D eigenvalue weighted by atomic mass is 10.1. The molecule has 160 valence electrons. The Morgan fingerprint density at radius 2 is 1.87 bits per heavy atom. The maximum absolute atomic E-state index is 12.7. The topological polar surface area (TPSA) is 96.5 Å². The van der Waals surface area contributed by atoms with E-state index < -0.39 is 4.92 Å². The number of nitro benzene ring substituents is 1. The van der Waals surface area contributed by atoms with Crippen LogP contribution in [0.25, 0.3) is 5.69 Å². The highest BCUT2D eigenvalue weighted by atomic mass is 16.6. The van der Waals surface area contributed by atoms with Crippen molar-refractivity contribution in [3.63, 3.8) is 0 Å². The number of non-ortho nitro benzene ring substituents is 1. The molecule has 2 aromatic carbocycles. The molecule has 9 nitrogen and oxygen atoms in total. The lowest BCUT2D eigenvalue weighted by Crippen LogP contribution is -2.45. The first-order chi connectivity index (χ1) is 15.0. The number of carbonyl (C=O) groups excluding carboxylic acids is 1. The van der Waals surface area contributed by atoms with Gasteiger partial charge in [0.05, 0.1) is 10.6 Å². The SMILES string of the molecule is CN1CCN(c2ccccc2CNC(=O)c2ccn(-c3cccc([N+](=O)[O-])c3)n2)CC1. The first-order valence-electron chi connectivity index (χ1n) is 10.1. The fraction of sp³-hybridized carbons (Fsp3) is 0.273. The van der Waals surface area contributed by atoms with Gasteiger partial charge in [0.15, 0.2) is 5.69 Å². The van der Waals surface area contributed by atoms with Gasteiger partial charge in [0.2, 0.25) is 0 Å². The van der Waals surface area contributed by atoms with Crippen LogP contribution in [-0.4, -0.2) is 58.7 Å². The van der Waals surface area contributed by atoms with Gasteiger partial charge in [-0.1, -0.05) is 24.3 Å². The number of para-hydroxylation sites is 1. The summed E-state index contributed by atoms with van der Waals surface area (Å²) in [5, 5.41) is 18.2. The zero-order valence-electron chi connectivity index (χ0n) is 17.3. The molecule has 1 saturated heterocycles. The van der Waals surface area contributed by atoms with Gasteiger partial charge in [-0.15, -0.1) is 0 Å². The van der Waals surface area contributed by atoms with Crippen LogP contribution in [0.1, 0.15) is 16.1 Å². The summed E-state index contributed by atoms with van der Waals surface area (Å²) in [5.41, 5.74) is 2.94. The van der Waals surface area contributed by atoms with Gasteiger partial charge in [0.1, 0.15) is 0 Å². The maximum atomic E-state index is 12.7. The molecular weight excluding hydrogens is 396 g/mol. The lowest BCUT2D eigenvalue weighted by molar-refractivity contribution is -0.384. The fourth-order valence-corrected chi connectivity index (χ4v) is 3.62. The van der Waals surface area contributed by atoms with Crippen molar-refractivity contribution in [3.05, 3.63) is 82.2 Å². The van der Waals surface area contributed by atoms with E-state index in [1.807, 2.05) is 18.2 Å². The van der Waals surface area contributed by atoms with E-state index in [9.17, 15) is 14.9 Å². The Morgan fingerprint density at radius 3 is 2.65 bits per heavy atom. The van der Waals surface area contributed by atoms with Gasteiger partial charge >= 0.3 is 0 Å². The molecule has 31 heavy (non-hydrogen) atoms. The monoisotopic (exact) mass is 420 g/mol. The second-order valence-electron chi connectivity index (χ2n) is 7.52. The normalized spacial score (nSPS) is 14.4. The predicted molar refractivity (Wildman–Crippen MR) is 118 cm³/mol. The zero-order valence-corrected chi connectivity index (χ0v) is 17.3. The third-order valence-electron chi connectivity index (χ3n) is 5.40. The average molecular weight is 420 g/mol. The lowest BCUT2D eigenvalue weighted by Gasteiger charge is -2.35. The maximum Gasteiger partial charge on any atom is 0.272 e. The number of anilines is 1. The standard InChI is InChI=1S/C22H24N6O3/c1-25-11-13-26(14-12-25)21-8-3-2-5-17(21)16-23-22(29)20-9-10-27(24-20)18-6-4-7-19(15-18)28(30)31/h2-10,15H,11-14,16H2,1H3,(H,23,29). The molecule has 1 amide bonds. The Kier molecular flexibility index (Phi) is 5.94. The number of nitro groups is 1. The van der Waals surface area contributed by atoms with Crippen LogP contribution in [0.15, 0.2) is 60.8 Å². The highest BCUT2D eigenvalue weighted by molar-refractivity contribution is 5.92. The van der Waals surface area contributed by atoms with Gasteiger partial charge in [0, 0.05) is 56.7 Å². The molecule has 0 aliphatic carbocycles. The second-order valence-corrected chi connectivity index (χ2v) is 7.52. The van der Waals surface area contributed by atoms with E-state index >= 15 is 0 Å². The van der Waals surface area contributed by atoms with E-state index in [1.165, 1.54) is 16.8 Å². The van der Waals surface area contributed by atoms with Crippen LogP contribution in [0.5, 0.6) is 0 Å². The van der Waals surface area contributed by atoms with Crippen LogP contribution in [0.4, 0.5) is 11.4 Å². The van der Waals surface area contributed by atoms with Crippen molar-refractivity contribution in [2.45, 2.75) is 6.54 Å². The molecule has 1 aromatic heterocycles. The van der Waals surface area contributed by atoms with E-state index in [2.05, 4.69) is 33.3 Å². The highest BCUT2D eigenvalue weighted by Gasteiger charge is 2.18. The van der Waals surface area contributed by atoms with E-state index in [0.29, 0.717) is 12.2 Å². The molecule has 0 atom stereocenters. The molecule has 2 heterocycles. The summed E-state index contributed by atoms with van der Waals surface area (Å²) in [7, 11) is 2.12. The fourth-order valence-electron chi connectivity index (χ4n) is 3.62. The van der Waals surface area contributed by atoms with Gasteiger partial charge in [0.25, 0.3) is 11.6 Å². The van der Waals surface area contributed by atoms with Crippen molar-refractivity contribution in [1.82, 2.24) is 20.0 Å². The molecule has 4 rings (SSSR count). The molecule has 3 aromatic rings. The van der Waals surface area contributed by atoms with E-state index in [1.54, 1.807) is 24.4 Å².